The van der Waals surface area contributed by atoms with Crippen molar-refractivity contribution in [1.82, 2.24) is 9.88 Å². The highest BCUT2D eigenvalue weighted by atomic mass is 32.2. The van der Waals surface area contributed by atoms with Crippen molar-refractivity contribution in [2.75, 3.05) is 6.54 Å². The number of hydrogen-bond acceptors (Lipinski definition) is 6. The number of sulfonamides is 1. The molecule has 1 aliphatic rings. The normalized spacial score (nSPS) is 18.6. The molecular formula is C17H24N2O4S2. The summed E-state index contributed by atoms with van der Waals surface area (Å²) in [6.07, 6.45) is 3.54. The first-order chi connectivity index (χ1) is 11.8. The van der Waals surface area contributed by atoms with E-state index in [1.54, 1.807) is 32.1 Å². The number of rotatable bonds is 6. The Labute approximate surface area is 152 Å². The molecule has 0 spiro atoms. The SMILES string of the molecule is Cc1noc(C)c1S(=O)(=O)NCC1(c2ccc([C@@H](C)O)s2)CCCC1. The molecule has 1 atom stereocenters. The average Bonchev–Trinajstić information content (AvgIpc) is 3.25. The molecule has 0 amide bonds. The van der Waals surface area contributed by atoms with E-state index in [1.807, 2.05) is 12.1 Å². The van der Waals surface area contributed by atoms with Crippen LogP contribution in [0.5, 0.6) is 0 Å². The van der Waals surface area contributed by atoms with Crippen LogP contribution in [0.4, 0.5) is 0 Å². The molecule has 8 heteroatoms. The van der Waals surface area contributed by atoms with Gasteiger partial charge in [-0.05, 0) is 45.7 Å². The smallest absolute Gasteiger partial charge is 0.245 e. The van der Waals surface area contributed by atoms with Gasteiger partial charge in [0.1, 0.15) is 10.6 Å². The number of aryl methyl sites for hydroxylation is 2. The quantitative estimate of drug-likeness (QED) is 0.798. The third-order valence-electron chi connectivity index (χ3n) is 4.96. The van der Waals surface area contributed by atoms with Crippen LogP contribution in [-0.2, 0) is 15.4 Å². The Morgan fingerprint density at radius 1 is 1.36 bits per heavy atom. The zero-order valence-corrected chi connectivity index (χ0v) is 16.3. The highest BCUT2D eigenvalue weighted by molar-refractivity contribution is 7.89. The van der Waals surface area contributed by atoms with E-state index in [0.717, 1.165) is 35.4 Å². The first-order valence-corrected chi connectivity index (χ1v) is 10.8. The topological polar surface area (TPSA) is 92.4 Å². The lowest BCUT2D eigenvalue weighted by Crippen LogP contribution is -2.38. The van der Waals surface area contributed by atoms with E-state index in [1.165, 1.54) is 0 Å². The molecule has 0 bridgehead atoms. The number of aliphatic hydroxyl groups is 1. The van der Waals surface area contributed by atoms with Gasteiger partial charge in [-0.3, -0.25) is 0 Å². The van der Waals surface area contributed by atoms with Crippen molar-refractivity contribution in [3.63, 3.8) is 0 Å². The molecule has 0 aromatic carbocycles. The van der Waals surface area contributed by atoms with E-state index >= 15 is 0 Å². The Hall–Kier alpha value is -1.22. The number of nitrogens with zero attached hydrogens (tertiary/aromatic N) is 1. The van der Waals surface area contributed by atoms with Gasteiger partial charge in [-0.15, -0.1) is 11.3 Å². The van der Waals surface area contributed by atoms with Gasteiger partial charge in [0.15, 0.2) is 5.76 Å². The molecular weight excluding hydrogens is 360 g/mol. The third-order valence-corrected chi connectivity index (χ3v) is 8.11. The Bertz CT molecular complexity index is 826. The summed E-state index contributed by atoms with van der Waals surface area (Å²) in [4.78, 5) is 2.19. The first kappa shape index (κ1) is 18.6. The zero-order chi connectivity index (χ0) is 18.2. The molecule has 0 radical (unpaired) electrons. The summed E-state index contributed by atoms with van der Waals surface area (Å²) < 4.78 is 33.2. The number of hydrogen-bond donors (Lipinski definition) is 2. The number of aliphatic hydroxyl groups excluding tert-OH is 1. The second-order valence-electron chi connectivity index (χ2n) is 6.84. The Morgan fingerprint density at radius 2 is 2.04 bits per heavy atom. The molecule has 2 aromatic rings. The fourth-order valence-electron chi connectivity index (χ4n) is 3.59. The maximum atomic E-state index is 12.7. The van der Waals surface area contributed by atoms with Crippen LogP contribution in [0.15, 0.2) is 21.6 Å². The summed E-state index contributed by atoms with van der Waals surface area (Å²) in [5.41, 5.74) is 0.169. The van der Waals surface area contributed by atoms with Crippen molar-refractivity contribution in [3.8, 4) is 0 Å². The van der Waals surface area contributed by atoms with Crippen molar-refractivity contribution in [1.29, 1.82) is 0 Å². The van der Waals surface area contributed by atoms with Crippen molar-refractivity contribution < 1.29 is 18.0 Å². The van der Waals surface area contributed by atoms with E-state index < -0.39 is 16.1 Å². The maximum absolute atomic E-state index is 12.7. The summed E-state index contributed by atoms with van der Waals surface area (Å²) in [6.45, 7) is 5.33. The van der Waals surface area contributed by atoms with Crippen LogP contribution in [0.3, 0.4) is 0 Å². The molecule has 25 heavy (non-hydrogen) atoms. The van der Waals surface area contributed by atoms with E-state index in [4.69, 9.17) is 4.52 Å². The molecule has 1 saturated carbocycles. The molecule has 0 unspecified atom stereocenters. The van der Waals surface area contributed by atoms with Crippen LogP contribution in [0.1, 0.15) is 59.9 Å². The lowest BCUT2D eigenvalue weighted by Gasteiger charge is -2.28. The van der Waals surface area contributed by atoms with Gasteiger partial charge in [0, 0.05) is 21.7 Å². The van der Waals surface area contributed by atoms with E-state index in [2.05, 4.69) is 9.88 Å². The van der Waals surface area contributed by atoms with Crippen molar-refractivity contribution >= 4 is 21.4 Å². The molecule has 2 aromatic heterocycles. The van der Waals surface area contributed by atoms with Gasteiger partial charge in [-0.1, -0.05) is 18.0 Å². The van der Waals surface area contributed by atoms with Gasteiger partial charge < -0.3 is 9.63 Å². The lowest BCUT2D eigenvalue weighted by atomic mass is 9.85. The number of thiophene rings is 1. The highest BCUT2D eigenvalue weighted by Crippen LogP contribution is 2.44. The minimum absolute atomic E-state index is 0.136. The van der Waals surface area contributed by atoms with Crippen LogP contribution in [0.2, 0.25) is 0 Å². The standard InChI is InChI=1S/C17H24N2O4S2/c1-11-16(13(3)23-19-11)25(21,22)18-10-17(8-4-5-9-17)15-7-6-14(24-15)12(2)20/h6-7,12,18,20H,4-5,8-10H2,1-3H3/t12-/m1/s1. The maximum Gasteiger partial charge on any atom is 0.245 e. The van der Waals surface area contributed by atoms with Crippen molar-refractivity contribution in [3.05, 3.63) is 33.3 Å². The van der Waals surface area contributed by atoms with E-state index in [-0.39, 0.29) is 10.3 Å². The van der Waals surface area contributed by atoms with Gasteiger partial charge >= 0.3 is 0 Å². The molecule has 0 saturated heterocycles. The van der Waals surface area contributed by atoms with Crippen LogP contribution >= 0.6 is 11.3 Å². The Morgan fingerprint density at radius 3 is 2.56 bits per heavy atom. The molecule has 2 heterocycles. The molecule has 0 aliphatic heterocycles. The zero-order valence-electron chi connectivity index (χ0n) is 14.7. The molecule has 6 nitrogen and oxygen atoms in total. The minimum atomic E-state index is -3.67. The van der Waals surface area contributed by atoms with Gasteiger partial charge in [0.2, 0.25) is 10.0 Å². The summed E-state index contributed by atoms with van der Waals surface area (Å²) in [5, 5.41) is 13.5. The molecule has 2 N–H and O–H groups in total. The summed E-state index contributed by atoms with van der Waals surface area (Å²) in [7, 11) is -3.67. The summed E-state index contributed by atoms with van der Waals surface area (Å²) in [6, 6.07) is 3.97. The van der Waals surface area contributed by atoms with Crippen LogP contribution in [0.25, 0.3) is 0 Å². The van der Waals surface area contributed by atoms with Gasteiger partial charge in [0.25, 0.3) is 0 Å². The second-order valence-corrected chi connectivity index (χ2v) is 9.66. The third kappa shape index (κ3) is 3.53. The van der Waals surface area contributed by atoms with Gasteiger partial charge in [-0.25, -0.2) is 13.1 Å². The van der Waals surface area contributed by atoms with E-state index in [9.17, 15) is 13.5 Å². The van der Waals surface area contributed by atoms with E-state index in [0.29, 0.717) is 18.0 Å². The van der Waals surface area contributed by atoms with Crippen molar-refractivity contribution in [2.45, 2.75) is 62.9 Å². The monoisotopic (exact) mass is 384 g/mol. The van der Waals surface area contributed by atoms with Crippen LogP contribution < -0.4 is 4.72 Å². The van der Waals surface area contributed by atoms with Crippen LogP contribution in [0, 0.1) is 13.8 Å². The lowest BCUT2D eigenvalue weighted by molar-refractivity contribution is 0.203. The van der Waals surface area contributed by atoms with Gasteiger partial charge in [0.05, 0.1) is 6.10 Å². The number of nitrogens with one attached hydrogen (secondary N) is 1. The molecule has 1 fully saturated rings. The highest BCUT2D eigenvalue weighted by Gasteiger charge is 2.39. The van der Waals surface area contributed by atoms with Gasteiger partial charge in [-0.2, -0.15) is 0 Å². The average molecular weight is 385 g/mol. The molecule has 3 rings (SSSR count). The Kier molecular flexibility index (Phi) is 5.07. The first-order valence-electron chi connectivity index (χ1n) is 8.46. The predicted molar refractivity (Wildman–Crippen MR) is 96.3 cm³/mol. The molecule has 1 aliphatic carbocycles. The summed E-state index contributed by atoms with van der Waals surface area (Å²) >= 11 is 1.58. The predicted octanol–water partition coefficient (Wildman–Crippen LogP) is 3.20. The fourth-order valence-corrected chi connectivity index (χ4v) is 6.23. The Balaban J connectivity index is 1.85. The fraction of sp³-hybridized carbons (Fsp3) is 0.588. The van der Waals surface area contributed by atoms with Crippen LogP contribution in [-0.4, -0.2) is 25.2 Å². The largest absolute Gasteiger partial charge is 0.388 e. The van der Waals surface area contributed by atoms with Crippen molar-refractivity contribution in [2.24, 2.45) is 0 Å². The molecule has 138 valence electrons. The second kappa shape index (κ2) is 6.83. The minimum Gasteiger partial charge on any atom is -0.388 e. The number of aromatic nitrogens is 1. The summed E-state index contributed by atoms with van der Waals surface area (Å²) in [5.74, 6) is 0.304.